The zero-order valence-electron chi connectivity index (χ0n) is 14.5. The third-order valence-electron chi connectivity index (χ3n) is 3.27. The molecule has 0 unspecified atom stereocenters. The summed E-state index contributed by atoms with van der Waals surface area (Å²) in [5.41, 5.74) is 2.84. The van der Waals surface area contributed by atoms with E-state index in [1.807, 2.05) is 48.5 Å². The predicted molar refractivity (Wildman–Crippen MR) is 98.1 cm³/mol. The van der Waals surface area contributed by atoms with E-state index in [-0.39, 0.29) is 5.60 Å². The van der Waals surface area contributed by atoms with Crippen LogP contribution >= 0.6 is 0 Å². The summed E-state index contributed by atoms with van der Waals surface area (Å²) >= 11 is 0. The standard InChI is InChI=1S/C20H23NO2Si/c1-20(2,3)23-24-14-4-13-22-19-11-9-18(10-12-19)17-7-5-16(15-21)6-8-17/h5-12H,4,13-14H2,1-3H3. The Labute approximate surface area is 147 Å². The van der Waals surface area contributed by atoms with Crippen molar-refractivity contribution in [3.05, 3.63) is 54.1 Å². The summed E-state index contributed by atoms with van der Waals surface area (Å²) in [6, 6.07) is 18.8. The normalized spacial score (nSPS) is 11.1. The molecule has 0 fully saturated rings. The summed E-state index contributed by atoms with van der Waals surface area (Å²) in [5, 5.41) is 8.84. The molecule has 0 aromatic heterocycles. The average molecular weight is 337 g/mol. The van der Waals surface area contributed by atoms with Gasteiger partial charge in [-0.05, 0) is 68.6 Å². The second kappa shape index (κ2) is 8.67. The molecule has 2 rings (SSSR count). The molecule has 2 aromatic rings. The Morgan fingerprint density at radius 1 is 0.958 bits per heavy atom. The lowest BCUT2D eigenvalue weighted by Gasteiger charge is -2.19. The van der Waals surface area contributed by atoms with Gasteiger partial charge in [-0.15, -0.1) is 0 Å². The summed E-state index contributed by atoms with van der Waals surface area (Å²) < 4.78 is 11.5. The van der Waals surface area contributed by atoms with Crippen LogP contribution in [0.4, 0.5) is 0 Å². The molecule has 0 bridgehead atoms. The van der Waals surface area contributed by atoms with Crippen LogP contribution in [0.3, 0.4) is 0 Å². The second-order valence-electron chi connectivity index (χ2n) is 6.52. The zero-order valence-corrected chi connectivity index (χ0v) is 15.5. The van der Waals surface area contributed by atoms with E-state index >= 15 is 0 Å². The van der Waals surface area contributed by atoms with Crippen molar-refractivity contribution in [1.29, 1.82) is 5.26 Å². The molecule has 0 aliphatic carbocycles. The van der Waals surface area contributed by atoms with Crippen LogP contribution in [0.15, 0.2) is 48.5 Å². The van der Waals surface area contributed by atoms with Crippen molar-refractivity contribution in [2.75, 3.05) is 6.61 Å². The number of nitrogens with zero attached hydrogens (tertiary/aromatic N) is 1. The molecular formula is C20H23NO2Si. The van der Waals surface area contributed by atoms with Gasteiger partial charge in [-0.1, -0.05) is 24.3 Å². The fourth-order valence-electron chi connectivity index (χ4n) is 2.08. The molecule has 0 spiro atoms. The molecule has 0 N–H and O–H groups in total. The van der Waals surface area contributed by atoms with E-state index in [1.54, 1.807) is 0 Å². The molecule has 0 amide bonds. The van der Waals surface area contributed by atoms with Crippen LogP contribution in [-0.2, 0) is 4.43 Å². The molecule has 0 heterocycles. The van der Waals surface area contributed by atoms with Gasteiger partial charge in [0.15, 0.2) is 0 Å². The first-order chi connectivity index (χ1) is 11.5. The van der Waals surface area contributed by atoms with Gasteiger partial charge in [0.1, 0.15) is 5.75 Å². The van der Waals surface area contributed by atoms with Gasteiger partial charge in [0.25, 0.3) is 0 Å². The van der Waals surface area contributed by atoms with Crippen LogP contribution in [0.2, 0.25) is 6.04 Å². The Hall–Kier alpha value is -2.09. The topological polar surface area (TPSA) is 42.2 Å². The summed E-state index contributed by atoms with van der Waals surface area (Å²) in [4.78, 5) is 0. The number of ether oxygens (including phenoxy) is 1. The summed E-state index contributed by atoms with van der Waals surface area (Å²) in [6.07, 6.45) is 0.992. The van der Waals surface area contributed by atoms with Crippen molar-refractivity contribution in [1.82, 2.24) is 0 Å². The van der Waals surface area contributed by atoms with Crippen molar-refractivity contribution in [3.63, 3.8) is 0 Å². The Morgan fingerprint density at radius 2 is 1.54 bits per heavy atom. The molecule has 124 valence electrons. The Kier molecular flexibility index (Phi) is 6.59. The molecule has 2 aromatic carbocycles. The maximum Gasteiger partial charge on any atom is 0.230 e. The number of hydrogen-bond donors (Lipinski definition) is 0. The highest BCUT2D eigenvalue weighted by molar-refractivity contribution is 6.27. The van der Waals surface area contributed by atoms with Gasteiger partial charge in [0.2, 0.25) is 9.76 Å². The zero-order chi connectivity index (χ0) is 17.4. The number of nitriles is 1. The summed E-state index contributed by atoms with van der Waals surface area (Å²) in [6.45, 7) is 6.93. The SMILES string of the molecule is CC(C)(C)O[Si]CCCOc1ccc(-c2ccc(C#N)cc2)cc1. The van der Waals surface area contributed by atoms with Gasteiger partial charge in [0.05, 0.1) is 18.2 Å². The van der Waals surface area contributed by atoms with Crippen LogP contribution in [0.1, 0.15) is 32.8 Å². The van der Waals surface area contributed by atoms with Crippen LogP contribution in [0, 0.1) is 11.3 Å². The minimum atomic E-state index is -0.0550. The molecule has 2 radical (unpaired) electrons. The molecule has 24 heavy (non-hydrogen) atoms. The molecule has 0 saturated carbocycles. The highest BCUT2D eigenvalue weighted by Crippen LogP contribution is 2.23. The van der Waals surface area contributed by atoms with Crippen LogP contribution < -0.4 is 4.74 Å². The van der Waals surface area contributed by atoms with Crippen molar-refractivity contribution in [2.24, 2.45) is 0 Å². The first-order valence-electron chi connectivity index (χ1n) is 8.12. The summed E-state index contributed by atoms with van der Waals surface area (Å²) in [5.74, 6) is 0.882. The fraction of sp³-hybridized carbons (Fsp3) is 0.350. The van der Waals surface area contributed by atoms with Gasteiger partial charge in [-0.3, -0.25) is 0 Å². The van der Waals surface area contributed by atoms with Crippen molar-refractivity contribution < 1.29 is 9.16 Å². The van der Waals surface area contributed by atoms with Crippen LogP contribution in [0.25, 0.3) is 11.1 Å². The Morgan fingerprint density at radius 3 is 2.08 bits per heavy atom. The van der Waals surface area contributed by atoms with E-state index in [0.29, 0.717) is 21.9 Å². The Balaban J connectivity index is 1.77. The lowest BCUT2D eigenvalue weighted by molar-refractivity contribution is 0.137. The predicted octanol–water partition coefficient (Wildman–Crippen LogP) is 4.85. The van der Waals surface area contributed by atoms with Crippen molar-refractivity contribution >= 4 is 9.76 Å². The molecule has 0 saturated heterocycles. The quantitative estimate of drug-likeness (QED) is 0.536. The molecule has 0 aliphatic heterocycles. The van der Waals surface area contributed by atoms with Gasteiger partial charge in [-0.2, -0.15) is 5.26 Å². The molecule has 0 aliphatic rings. The van der Waals surface area contributed by atoms with Gasteiger partial charge in [0, 0.05) is 5.60 Å². The van der Waals surface area contributed by atoms with E-state index in [0.717, 1.165) is 29.3 Å². The number of hydrogen-bond acceptors (Lipinski definition) is 3. The summed E-state index contributed by atoms with van der Waals surface area (Å²) in [7, 11) is 0.526. The van der Waals surface area contributed by atoms with Gasteiger partial charge >= 0.3 is 0 Å². The maximum atomic E-state index is 8.84. The monoisotopic (exact) mass is 337 g/mol. The van der Waals surface area contributed by atoms with Crippen LogP contribution in [0.5, 0.6) is 5.75 Å². The third kappa shape index (κ3) is 6.19. The highest BCUT2D eigenvalue weighted by atomic mass is 28.2. The molecule has 0 atom stereocenters. The lowest BCUT2D eigenvalue weighted by atomic mass is 10.0. The second-order valence-corrected chi connectivity index (χ2v) is 7.52. The number of benzene rings is 2. The van der Waals surface area contributed by atoms with Gasteiger partial charge < -0.3 is 9.16 Å². The van der Waals surface area contributed by atoms with E-state index in [9.17, 15) is 0 Å². The minimum Gasteiger partial charge on any atom is -0.494 e. The van der Waals surface area contributed by atoms with Crippen molar-refractivity contribution in [2.45, 2.75) is 38.8 Å². The minimum absolute atomic E-state index is 0.0550. The lowest BCUT2D eigenvalue weighted by Crippen LogP contribution is -2.21. The smallest absolute Gasteiger partial charge is 0.230 e. The fourth-order valence-corrected chi connectivity index (χ4v) is 2.91. The van der Waals surface area contributed by atoms with Crippen molar-refractivity contribution in [3.8, 4) is 22.9 Å². The largest absolute Gasteiger partial charge is 0.494 e. The number of rotatable bonds is 7. The third-order valence-corrected chi connectivity index (χ3v) is 4.59. The Bertz CT molecular complexity index is 667. The average Bonchev–Trinajstić information content (AvgIpc) is 2.58. The van der Waals surface area contributed by atoms with E-state index in [1.165, 1.54) is 0 Å². The first-order valence-corrected chi connectivity index (χ1v) is 9.24. The molecule has 4 heteroatoms. The van der Waals surface area contributed by atoms with E-state index < -0.39 is 0 Å². The highest BCUT2D eigenvalue weighted by Gasteiger charge is 2.09. The molecular weight excluding hydrogens is 314 g/mol. The van der Waals surface area contributed by atoms with E-state index in [4.69, 9.17) is 14.4 Å². The van der Waals surface area contributed by atoms with E-state index in [2.05, 4.69) is 26.8 Å². The first kappa shape index (κ1) is 18.2. The molecule has 3 nitrogen and oxygen atoms in total. The van der Waals surface area contributed by atoms with Crippen LogP contribution in [-0.4, -0.2) is 22.0 Å². The maximum absolute atomic E-state index is 8.84. The van der Waals surface area contributed by atoms with Gasteiger partial charge in [-0.25, -0.2) is 0 Å².